The minimum Gasteiger partial charge on any atom is -0.365 e. The number of carbonyl (C=O) groups excluding carboxylic acids is 2. The number of hydrogen-bond acceptors (Lipinski definition) is 4. The van der Waals surface area contributed by atoms with E-state index in [2.05, 4.69) is 0 Å². The molecule has 0 radical (unpaired) electrons. The van der Waals surface area contributed by atoms with E-state index in [9.17, 15) is 14.9 Å². The molecule has 0 unspecified atom stereocenters. The summed E-state index contributed by atoms with van der Waals surface area (Å²) in [6, 6.07) is 16.4. The number of amides is 2. The van der Waals surface area contributed by atoms with Gasteiger partial charge in [0.1, 0.15) is 16.7 Å². The Kier molecular flexibility index (Phi) is 5.54. The van der Waals surface area contributed by atoms with Crippen molar-refractivity contribution < 1.29 is 9.59 Å². The van der Waals surface area contributed by atoms with Crippen molar-refractivity contribution in [3.05, 3.63) is 75.3 Å². The average Bonchev–Trinajstić information content (AvgIpc) is 2.94. The van der Waals surface area contributed by atoms with Crippen LogP contribution in [0.2, 0.25) is 5.02 Å². The highest BCUT2D eigenvalue weighted by atomic mass is 35.5. The number of hydrogen-bond donors (Lipinski definition) is 1. The molecule has 3 rings (SSSR count). The van der Waals surface area contributed by atoms with Crippen molar-refractivity contribution in [2.75, 3.05) is 4.90 Å². The Morgan fingerprint density at radius 3 is 2.56 bits per heavy atom. The van der Waals surface area contributed by atoms with Crippen molar-refractivity contribution in [3.63, 3.8) is 0 Å². The van der Waals surface area contributed by atoms with E-state index in [4.69, 9.17) is 17.3 Å². The highest BCUT2D eigenvalue weighted by molar-refractivity contribution is 8.05. The van der Waals surface area contributed by atoms with E-state index in [1.807, 2.05) is 43.3 Å². The molecule has 1 aliphatic heterocycles. The lowest BCUT2D eigenvalue weighted by molar-refractivity contribution is -0.117. The van der Waals surface area contributed by atoms with E-state index in [0.717, 1.165) is 11.1 Å². The van der Waals surface area contributed by atoms with Crippen molar-refractivity contribution in [1.29, 1.82) is 5.26 Å². The number of nitrogens with two attached hydrogens (primary N) is 1. The predicted molar refractivity (Wildman–Crippen MR) is 107 cm³/mol. The molecule has 0 aliphatic carbocycles. The fraction of sp³-hybridized carbons (Fsp3) is 0.150. The Morgan fingerprint density at radius 1 is 1.26 bits per heavy atom. The third-order valence-corrected chi connectivity index (χ3v) is 5.88. The van der Waals surface area contributed by atoms with Gasteiger partial charge >= 0.3 is 0 Å². The molecule has 2 aromatic carbocycles. The number of rotatable bonds is 4. The second kappa shape index (κ2) is 7.87. The maximum absolute atomic E-state index is 13.2. The van der Waals surface area contributed by atoms with Gasteiger partial charge in [-0.25, -0.2) is 0 Å². The van der Waals surface area contributed by atoms with Crippen molar-refractivity contribution >= 4 is 40.9 Å². The van der Waals surface area contributed by atoms with Crippen LogP contribution in [0.1, 0.15) is 11.1 Å². The molecule has 2 aromatic rings. The van der Waals surface area contributed by atoms with Gasteiger partial charge in [0, 0.05) is 5.02 Å². The minimum absolute atomic E-state index is 0.210. The molecule has 0 spiro atoms. The number of halogens is 1. The maximum Gasteiger partial charge on any atom is 0.262 e. The highest BCUT2D eigenvalue weighted by Gasteiger charge is 2.41. The minimum atomic E-state index is -0.857. The molecule has 5 nitrogen and oxygen atoms in total. The van der Waals surface area contributed by atoms with Crippen LogP contribution in [0.25, 0.3) is 0 Å². The third-order valence-electron chi connectivity index (χ3n) is 4.24. The smallest absolute Gasteiger partial charge is 0.262 e. The zero-order chi connectivity index (χ0) is 19.6. The Balaban J connectivity index is 2.08. The second-order valence-electron chi connectivity index (χ2n) is 6.02. The monoisotopic (exact) mass is 397 g/mol. The number of aryl methyl sites for hydroxylation is 1. The molecule has 27 heavy (non-hydrogen) atoms. The van der Waals surface area contributed by atoms with E-state index in [0.29, 0.717) is 17.1 Å². The van der Waals surface area contributed by atoms with E-state index < -0.39 is 11.2 Å². The number of para-hydroxylation sites is 1. The SMILES string of the molecule is Cc1ccccc1N1C(=O)[C@@H](Cc2ccccc2Cl)S/C1=C(/C#N)C(N)=O. The molecule has 0 saturated carbocycles. The zero-order valence-corrected chi connectivity index (χ0v) is 16.1. The summed E-state index contributed by atoms with van der Waals surface area (Å²) in [6.45, 7) is 1.86. The van der Waals surface area contributed by atoms with Crippen molar-refractivity contribution in [2.24, 2.45) is 5.73 Å². The summed E-state index contributed by atoms with van der Waals surface area (Å²) in [4.78, 5) is 26.4. The van der Waals surface area contributed by atoms with Gasteiger partial charge in [0.15, 0.2) is 0 Å². The summed E-state index contributed by atoms with van der Waals surface area (Å²) in [5.74, 6) is -1.07. The summed E-state index contributed by atoms with van der Waals surface area (Å²) in [7, 11) is 0. The van der Waals surface area contributed by atoms with Gasteiger partial charge in [0.2, 0.25) is 5.91 Å². The average molecular weight is 398 g/mol. The third kappa shape index (κ3) is 3.70. The van der Waals surface area contributed by atoms with Crippen LogP contribution in [-0.4, -0.2) is 17.1 Å². The number of thioether (sulfide) groups is 1. The lowest BCUT2D eigenvalue weighted by atomic mass is 10.1. The number of anilines is 1. The van der Waals surface area contributed by atoms with Gasteiger partial charge in [-0.05, 0) is 36.6 Å². The lowest BCUT2D eigenvalue weighted by Crippen LogP contribution is -2.31. The summed E-state index contributed by atoms with van der Waals surface area (Å²) in [6.07, 6.45) is 0.381. The lowest BCUT2D eigenvalue weighted by Gasteiger charge is -2.20. The summed E-state index contributed by atoms with van der Waals surface area (Å²) in [5.41, 5.74) is 7.46. The molecular weight excluding hydrogens is 382 g/mol. The van der Waals surface area contributed by atoms with Crippen LogP contribution >= 0.6 is 23.4 Å². The first-order chi connectivity index (χ1) is 12.9. The molecular formula is C20H16ClN3O2S. The van der Waals surface area contributed by atoms with E-state index >= 15 is 0 Å². The van der Waals surface area contributed by atoms with Crippen LogP contribution in [0.5, 0.6) is 0 Å². The Morgan fingerprint density at radius 2 is 1.93 bits per heavy atom. The van der Waals surface area contributed by atoms with E-state index in [1.54, 1.807) is 18.2 Å². The molecule has 1 fully saturated rings. The van der Waals surface area contributed by atoms with Crippen LogP contribution < -0.4 is 10.6 Å². The van der Waals surface area contributed by atoms with Gasteiger partial charge in [-0.15, -0.1) is 0 Å². The molecule has 2 N–H and O–H groups in total. The van der Waals surface area contributed by atoms with Crippen molar-refractivity contribution in [1.82, 2.24) is 0 Å². The first kappa shape index (κ1) is 19.0. The van der Waals surface area contributed by atoms with Crippen LogP contribution in [0.3, 0.4) is 0 Å². The first-order valence-electron chi connectivity index (χ1n) is 8.18. The van der Waals surface area contributed by atoms with Gasteiger partial charge in [-0.3, -0.25) is 14.5 Å². The van der Waals surface area contributed by atoms with Crippen LogP contribution in [0, 0.1) is 18.3 Å². The fourth-order valence-corrected chi connectivity index (χ4v) is 4.41. The molecule has 0 bridgehead atoms. The summed E-state index contributed by atoms with van der Waals surface area (Å²) >= 11 is 7.40. The zero-order valence-electron chi connectivity index (χ0n) is 14.5. The number of primary amides is 1. The normalized spacial score (nSPS) is 18.3. The van der Waals surface area contributed by atoms with Gasteiger partial charge in [-0.1, -0.05) is 59.8 Å². The molecule has 1 heterocycles. The second-order valence-corrected chi connectivity index (χ2v) is 7.62. The first-order valence-corrected chi connectivity index (χ1v) is 9.43. The molecule has 136 valence electrons. The predicted octanol–water partition coefficient (Wildman–Crippen LogP) is 3.56. The molecule has 7 heteroatoms. The van der Waals surface area contributed by atoms with Crippen LogP contribution in [-0.2, 0) is 16.0 Å². The van der Waals surface area contributed by atoms with E-state index in [1.165, 1.54) is 16.7 Å². The Bertz CT molecular complexity index is 997. The summed E-state index contributed by atoms with van der Waals surface area (Å²) < 4.78 is 0. The molecule has 0 aromatic heterocycles. The standard InChI is InChI=1S/C20H16ClN3O2S/c1-12-6-2-5-9-16(12)24-19(26)17(10-13-7-3-4-8-15(13)21)27-20(24)14(11-22)18(23)25/h2-9,17H,10H2,1H3,(H2,23,25)/b20-14-/t17-/m1/s1. The molecule has 1 aliphatic rings. The topological polar surface area (TPSA) is 87.2 Å². The fourth-order valence-electron chi connectivity index (χ4n) is 2.90. The molecule has 1 atom stereocenters. The van der Waals surface area contributed by atoms with Crippen molar-refractivity contribution in [2.45, 2.75) is 18.6 Å². The van der Waals surface area contributed by atoms with E-state index in [-0.39, 0.29) is 16.5 Å². The molecule has 2 amide bonds. The van der Waals surface area contributed by atoms with Crippen molar-refractivity contribution in [3.8, 4) is 6.07 Å². The molecule has 1 saturated heterocycles. The number of benzene rings is 2. The van der Waals surface area contributed by atoms with Gasteiger partial charge in [-0.2, -0.15) is 5.26 Å². The van der Waals surface area contributed by atoms with Crippen LogP contribution in [0.4, 0.5) is 5.69 Å². The van der Waals surface area contributed by atoms with Gasteiger partial charge in [0.05, 0.1) is 10.9 Å². The summed E-state index contributed by atoms with van der Waals surface area (Å²) in [5, 5.41) is 9.74. The number of carbonyl (C=O) groups is 2. The van der Waals surface area contributed by atoms with Gasteiger partial charge < -0.3 is 5.73 Å². The Labute approximate surface area is 166 Å². The Hall–Kier alpha value is -2.75. The maximum atomic E-state index is 13.2. The number of nitriles is 1. The number of nitrogens with zero attached hydrogens (tertiary/aromatic N) is 2. The largest absolute Gasteiger partial charge is 0.365 e. The highest BCUT2D eigenvalue weighted by Crippen LogP contribution is 2.43. The van der Waals surface area contributed by atoms with Crippen LogP contribution in [0.15, 0.2) is 59.1 Å². The van der Waals surface area contributed by atoms with Gasteiger partial charge in [0.25, 0.3) is 5.91 Å². The quantitative estimate of drug-likeness (QED) is 0.631.